The molecule has 59 heavy (non-hydrogen) atoms. The number of nitrogens with zero attached hydrogens (tertiary/aromatic N) is 7. The van der Waals surface area contributed by atoms with Crippen molar-refractivity contribution < 1.29 is 55.0 Å². The number of hydrogen-bond acceptors (Lipinski definition) is 19. The summed E-state index contributed by atoms with van der Waals surface area (Å²) >= 11 is 0.664. The van der Waals surface area contributed by atoms with E-state index in [0.29, 0.717) is 29.1 Å². The lowest BCUT2D eigenvalue weighted by Gasteiger charge is -2.30. The first-order valence-electron chi connectivity index (χ1n) is 18.1. The maximum atomic E-state index is 16.7. The Labute approximate surface area is 337 Å². The third kappa shape index (κ3) is 8.53. The number of fused-ring (bicyclic) bond motifs is 4. The van der Waals surface area contributed by atoms with Crippen LogP contribution >= 0.6 is 25.7 Å². The van der Waals surface area contributed by atoms with E-state index in [0.717, 1.165) is 23.6 Å². The summed E-state index contributed by atoms with van der Waals surface area (Å²) in [6, 6.07) is 6.37. The minimum atomic E-state index is -4.72. The molecule has 3 aliphatic rings. The summed E-state index contributed by atoms with van der Waals surface area (Å²) in [5.41, 5.74) is 11.5. The van der Waals surface area contributed by atoms with Crippen LogP contribution in [0.3, 0.4) is 0 Å². The molecule has 7 heterocycles. The maximum absolute atomic E-state index is 16.7. The van der Waals surface area contributed by atoms with Crippen molar-refractivity contribution >= 4 is 73.3 Å². The number of rotatable bonds is 9. The summed E-state index contributed by atoms with van der Waals surface area (Å²) in [6.07, 6.45) is -8.80. The van der Waals surface area contributed by atoms with Crippen LogP contribution in [0.4, 0.5) is 20.5 Å². The van der Waals surface area contributed by atoms with Gasteiger partial charge in [0.05, 0.1) is 25.9 Å². The molecular weight excluding hydrogens is 843 g/mol. The number of aromatic amines is 1. The van der Waals surface area contributed by atoms with Crippen molar-refractivity contribution in [3.05, 3.63) is 59.2 Å². The topological polar surface area (TPSA) is 275 Å². The fourth-order valence-corrected chi connectivity index (χ4v) is 11.0. The summed E-state index contributed by atoms with van der Waals surface area (Å²) in [5, 5.41) is 0. The van der Waals surface area contributed by atoms with Gasteiger partial charge >= 0.3 is 12.8 Å². The Bertz CT molecular complexity index is 2520. The predicted molar refractivity (Wildman–Crippen MR) is 205 cm³/mol. The molecular formula is C32H35BF2N10O11P2S. The molecule has 0 aliphatic carbocycles. The number of ether oxygens (including phenoxy) is 3. The lowest BCUT2D eigenvalue weighted by molar-refractivity contribution is -0.134. The zero-order valence-corrected chi connectivity index (χ0v) is 33.4. The van der Waals surface area contributed by atoms with E-state index in [9.17, 15) is 18.7 Å². The van der Waals surface area contributed by atoms with Crippen molar-refractivity contribution in [3.63, 3.8) is 0 Å². The van der Waals surface area contributed by atoms with E-state index in [1.807, 2.05) is 6.92 Å². The van der Waals surface area contributed by atoms with E-state index in [1.165, 1.54) is 10.9 Å². The highest BCUT2D eigenvalue weighted by molar-refractivity contribution is 8.54. The van der Waals surface area contributed by atoms with Crippen LogP contribution in [0.2, 0.25) is 0 Å². The Morgan fingerprint density at radius 3 is 2.29 bits per heavy atom. The highest BCUT2D eigenvalue weighted by atomic mass is 32.7. The molecule has 3 saturated heterocycles. The zero-order valence-electron chi connectivity index (χ0n) is 30.8. The molecule has 21 nitrogen and oxygen atoms in total. The maximum Gasteiger partial charge on any atom is 0.389 e. The molecule has 0 bridgehead atoms. The Morgan fingerprint density at radius 1 is 0.949 bits per heavy atom. The minimum absolute atomic E-state index is 0.0166. The molecule has 0 amide bonds. The number of alkyl halides is 2. The number of hydrogen-bond donors (Lipinski definition) is 3. The van der Waals surface area contributed by atoms with Crippen molar-refractivity contribution in [2.75, 3.05) is 24.7 Å². The minimum Gasteiger partial charge on any atom is -0.427 e. The zero-order chi connectivity index (χ0) is 41.6. The van der Waals surface area contributed by atoms with E-state index in [1.54, 1.807) is 24.3 Å². The van der Waals surface area contributed by atoms with Crippen molar-refractivity contribution in [3.8, 4) is 5.75 Å². The molecule has 10 atom stereocenters. The van der Waals surface area contributed by atoms with Gasteiger partial charge in [-0.15, -0.1) is 0 Å². The number of H-pyrrole nitrogens is 1. The van der Waals surface area contributed by atoms with Crippen molar-refractivity contribution in [2.45, 2.75) is 81.2 Å². The van der Waals surface area contributed by atoms with Gasteiger partial charge < -0.3 is 34.7 Å². The van der Waals surface area contributed by atoms with E-state index in [2.05, 4.69) is 29.9 Å². The number of unbranched alkanes of at least 4 members (excludes halogenated alkanes) is 1. The van der Waals surface area contributed by atoms with Gasteiger partial charge in [0, 0.05) is 12.2 Å². The number of aromatic nitrogens is 8. The molecule has 8 rings (SSSR count). The predicted octanol–water partition coefficient (Wildman–Crippen LogP) is 3.83. The Hall–Kier alpha value is -4.32. The lowest BCUT2D eigenvalue weighted by atomic mass is 10.1. The summed E-state index contributed by atoms with van der Waals surface area (Å²) in [6.45, 7) is -4.10. The number of carbonyl (C=O) groups is 1. The average molecular weight is 879 g/mol. The van der Waals surface area contributed by atoms with Gasteiger partial charge in [-0.2, -0.15) is 4.98 Å². The Kier molecular flexibility index (Phi) is 11.7. The largest absolute Gasteiger partial charge is 0.427 e. The second kappa shape index (κ2) is 16.6. The molecule has 0 saturated carbocycles. The third-order valence-electron chi connectivity index (χ3n) is 9.53. The summed E-state index contributed by atoms with van der Waals surface area (Å²) in [5.74, 6) is -0.408. The first-order chi connectivity index (χ1) is 28.2. The van der Waals surface area contributed by atoms with Gasteiger partial charge in [-0.05, 0) is 35.5 Å². The average Bonchev–Trinajstić information content (AvgIpc) is 3.96. The molecule has 0 spiro atoms. The Balaban J connectivity index is 1.09. The number of esters is 1. The second-order valence-corrected chi connectivity index (χ2v) is 19.2. The summed E-state index contributed by atoms with van der Waals surface area (Å²) in [4.78, 5) is 47.1. The number of nitrogen functional groups attached to an aromatic ring is 2. The molecule has 3 fully saturated rings. The van der Waals surface area contributed by atoms with Gasteiger partial charge in [-0.1, -0.05) is 25.5 Å². The highest BCUT2D eigenvalue weighted by Crippen LogP contribution is 2.65. The van der Waals surface area contributed by atoms with Crippen LogP contribution in [0.1, 0.15) is 44.2 Å². The van der Waals surface area contributed by atoms with Gasteiger partial charge in [0.1, 0.15) is 42.0 Å². The number of carbonyl (C=O) groups excluding carboxylic acids is 1. The van der Waals surface area contributed by atoms with E-state index in [-0.39, 0.29) is 52.2 Å². The van der Waals surface area contributed by atoms with E-state index in [4.69, 9.17) is 51.3 Å². The molecule has 3 aliphatic heterocycles. The van der Waals surface area contributed by atoms with E-state index < -0.39 is 82.3 Å². The van der Waals surface area contributed by atoms with Crippen molar-refractivity contribution in [1.82, 2.24) is 39.0 Å². The molecule has 312 valence electrons. The van der Waals surface area contributed by atoms with Crippen LogP contribution in [-0.4, -0.2) is 103 Å². The molecule has 4 aromatic heterocycles. The first kappa shape index (κ1) is 41.4. The fourth-order valence-electron chi connectivity index (χ4n) is 6.64. The van der Waals surface area contributed by atoms with Crippen LogP contribution in [0, 0.1) is 0 Å². The second-order valence-electron chi connectivity index (χ2n) is 13.6. The monoisotopic (exact) mass is 878 g/mol. The molecule has 27 heteroatoms. The number of benzene rings is 1. The number of anilines is 2. The highest BCUT2D eigenvalue weighted by Gasteiger charge is 2.54. The normalized spacial score (nSPS) is 31.4. The summed E-state index contributed by atoms with van der Waals surface area (Å²) in [7, 11) is 1.24. The van der Waals surface area contributed by atoms with Gasteiger partial charge in [0.2, 0.25) is 13.5 Å². The number of halogens is 2. The first-order valence-corrected chi connectivity index (χ1v) is 22.8. The number of nitrogens with one attached hydrogen (secondary N) is 1. The lowest BCUT2D eigenvalue weighted by Crippen LogP contribution is -2.37. The molecule has 1 aromatic carbocycles. The fraction of sp³-hybridized carbons (Fsp3) is 0.469. The van der Waals surface area contributed by atoms with Gasteiger partial charge in [0.25, 0.3) is 13.0 Å². The van der Waals surface area contributed by atoms with Crippen molar-refractivity contribution in [1.29, 1.82) is 0 Å². The van der Waals surface area contributed by atoms with Gasteiger partial charge in [-0.25, -0.2) is 33.3 Å². The number of imidazole rings is 2. The van der Waals surface area contributed by atoms with Crippen LogP contribution < -0.4 is 21.8 Å². The van der Waals surface area contributed by atoms with Gasteiger partial charge in [-0.3, -0.25) is 37.3 Å². The smallest absolute Gasteiger partial charge is 0.389 e. The molecule has 5 aromatic rings. The summed E-state index contributed by atoms with van der Waals surface area (Å²) < 4.78 is 104. The molecule has 0 unspecified atom stereocenters. The van der Waals surface area contributed by atoms with Crippen LogP contribution in [-0.2, 0) is 47.2 Å². The Morgan fingerprint density at radius 2 is 1.59 bits per heavy atom. The third-order valence-corrected chi connectivity index (χ3v) is 14.2. The standard InChI is InChI=1S/C32H35BF2N10O11P2S/c1-2-3-4-19(46)52-16-7-5-15(6-8-16)11-59-58(49)51-10-18-24(20(34)31(54-18)45-14-41-23-28(45)42-32(37)43-29(23)47)55-57(33,48)50-9-17-25(56-58)21(35)30(53-17)44-13-40-22-26(36)38-12-39-27(22)44/h5-8,12-14,17-18,20-21,24-25,30-31H,2-4,9-11H2,1H3,(H2,36,38,39)(H3,37,42,43,47)/t17-,18-,20-,21-,24-,25-,30-,31-,57-,58+/m1/s1. The molecule has 5 N–H and O–H groups in total. The van der Waals surface area contributed by atoms with Gasteiger partial charge in [0.15, 0.2) is 47.4 Å². The quantitative estimate of drug-likeness (QED) is 0.0821. The van der Waals surface area contributed by atoms with Crippen molar-refractivity contribution in [2.24, 2.45) is 0 Å². The number of nitrogens with two attached hydrogens (primary N) is 2. The molecule has 2 radical (unpaired) electrons. The van der Waals surface area contributed by atoms with E-state index >= 15 is 8.78 Å². The van der Waals surface area contributed by atoms with Crippen LogP contribution in [0.5, 0.6) is 5.75 Å². The SMILES string of the molecule is [B][P@@]1(=O)OC[C@H]2O[C@@H](n3cnc4c(N)ncnc43)[C@H](F)[C@@H]2O[P@@](=O)(SCc2ccc(OC(=O)CCCC)cc2)OC[C@H]2O[C@@H](n3cnc4c(=O)[nH]c(N)nc43)[C@H](F)[C@@H]2O1. The van der Waals surface area contributed by atoms with Crippen LogP contribution in [0.25, 0.3) is 22.3 Å². The van der Waals surface area contributed by atoms with Crippen LogP contribution in [0.15, 0.2) is 48.0 Å².